The SMILES string of the molecule is NCc1ncc(-c2ccc(Br)s2)o1. The topological polar surface area (TPSA) is 52.0 Å². The molecule has 0 amide bonds. The first-order valence-corrected chi connectivity index (χ1v) is 5.31. The van der Waals surface area contributed by atoms with Crippen molar-refractivity contribution in [1.82, 2.24) is 4.98 Å². The number of nitrogens with two attached hydrogens (primary N) is 1. The van der Waals surface area contributed by atoms with E-state index in [4.69, 9.17) is 10.2 Å². The fraction of sp³-hybridized carbons (Fsp3) is 0.125. The van der Waals surface area contributed by atoms with Gasteiger partial charge in [-0.25, -0.2) is 4.98 Å². The van der Waals surface area contributed by atoms with Gasteiger partial charge in [0, 0.05) is 0 Å². The third-order valence-corrected chi connectivity index (χ3v) is 3.18. The van der Waals surface area contributed by atoms with Crippen molar-refractivity contribution in [3.05, 3.63) is 28.0 Å². The predicted octanol–water partition coefficient (Wildman–Crippen LogP) is 2.62. The zero-order valence-electron chi connectivity index (χ0n) is 6.66. The highest BCUT2D eigenvalue weighted by Crippen LogP contribution is 2.31. The van der Waals surface area contributed by atoms with Gasteiger partial charge in [-0.05, 0) is 28.1 Å². The molecule has 0 saturated heterocycles. The lowest BCUT2D eigenvalue weighted by atomic mass is 10.4. The van der Waals surface area contributed by atoms with Crippen molar-refractivity contribution >= 4 is 27.3 Å². The van der Waals surface area contributed by atoms with E-state index in [1.807, 2.05) is 12.1 Å². The van der Waals surface area contributed by atoms with E-state index in [9.17, 15) is 0 Å². The summed E-state index contributed by atoms with van der Waals surface area (Å²) in [5.41, 5.74) is 5.38. The molecule has 0 atom stereocenters. The lowest BCUT2D eigenvalue weighted by molar-refractivity contribution is 0.510. The van der Waals surface area contributed by atoms with E-state index >= 15 is 0 Å². The smallest absolute Gasteiger partial charge is 0.208 e. The molecule has 0 spiro atoms. The Kier molecular flexibility index (Phi) is 2.48. The molecule has 2 aromatic heterocycles. The second-order valence-corrected chi connectivity index (χ2v) is 4.89. The Balaban J connectivity index is 2.35. The van der Waals surface area contributed by atoms with Crippen molar-refractivity contribution in [2.75, 3.05) is 0 Å². The zero-order chi connectivity index (χ0) is 9.26. The van der Waals surface area contributed by atoms with Crippen LogP contribution in [0.5, 0.6) is 0 Å². The number of rotatable bonds is 2. The molecule has 68 valence electrons. The molecule has 0 radical (unpaired) electrons. The third kappa shape index (κ3) is 1.82. The molecule has 2 rings (SSSR count). The van der Waals surface area contributed by atoms with Crippen LogP contribution in [0.3, 0.4) is 0 Å². The molecule has 0 unspecified atom stereocenters. The first kappa shape index (κ1) is 8.93. The molecule has 0 bridgehead atoms. The van der Waals surface area contributed by atoms with Gasteiger partial charge in [0.15, 0.2) is 5.76 Å². The second kappa shape index (κ2) is 3.61. The number of aromatic nitrogens is 1. The van der Waals surface area contributed by atoms with Crippen LogP contribution in [0.1, 0.15) is 5.89 Å². The van der Waals surface area contributed by atoms with Crippen LogP contribution in [0.2, 0.25) is 0 Å². The molecule has 3 nitrogen and oxygen atoms in total. The van der Waals surface area contributed by atoms with Gasteiger partial charge < -0.3 is 10.2 Å². The first-order chi connectivity index (χ1) is 6.29. The Morgan fingerprint density at radius 1 is 1.54 bits per heavy atom. The summed E-state index contributed by atoms with van der Waals surface area (Å²) in [7, 11) is 0. The Morgan fingerprint density at radius 3 is 2.92 bits per heavy atom. The molecule has 13 heavy (non-hydrogen) atoms. The second-order valence-electron chi connectivity index (χ2n) is 2.43. The number of thiophene rings is 1. The summed E-state index contributed by atoms with van der Waals surface area (Å²) in [4.78, 5) is 5.07. The van der Waals surface area contributed by atoms with Gasteiger partial charge in [0.05, 0.1) is 21.4 Å². The molecule has 2 heterocycles. The van der Waals surface area contributed by atoms with Gasteiger partial charge in [-0.2, -0.15) is 0 Å². The minimum Gasteiger partial charge on any atom is -0.438 e. The molecular formula is C8H7BrN2OS. The molecule has 0 aliphatic heterocycles. The lowest BCUT2D eigenvalue weighted by Gasteiger charge is -1.87. The average Bonchev–Trinajstić information content (AvgIpc) is 2.71. The number of oxazole rings is 1. The van der Waals surface area contributed by atoms with Gasteiger partial charge in [0.1, 0.15) is 0 Å². The molecule has 5 heteroatoms. The van der Waals surface area contributed by atoms with E-state index in [-0.39, 0.29) is 0 Å². The van der Waals surface area contributed by atoms with Gasteiger partial charge in [-0.1, -0.05) is 0 Å². The van der Waals surface area contributed by atoms with Crippen molar-refractivity contribution in [2.24, 2.45) is 5.73 Å². The van der Waals surface area contributed by atoms with Crippen molar-refractivity contribution in [3.8, 4) is 10.6 Å². The van der Waals surface area contributed by atoms with E-state index in [1.165, 1.54) is 0 Å². The summed E-state index contributed by atoms with van der Waals surface area (Å²) in [6, 6.07) is 3.96. The quantitative estimate of drug-likeness (QED) is 0.901. The van der Waals surface area contributed by atoms with Crippen LogP contribution in [0.15, 0.2) is 26.5 Å². The Morgan fingerprint density at radius 2 is 2.38 bits per heavy atom. The van der Waals surface area contributed by atoms with Crippen LogP contribution < -0.4 is 5.73 Å². The van der Waals surface area contributed by atoms with Crippen LogP contribution >= 0.6 is 27.3 Å². The lowest BCUT2D eigenvalue weighted by Crippen LogP contribution is -1.94. The Hall–Kier alpha value is -0.650. The largest absolute Gasteiger partial charge is 0.438 e. The summed E-state index contributed by atoms with van der Waals surface area (Å²) in [6.07, 6.45) is 1.69. The number of halogens is 1. The van der Waals surface area contributed by atoms with Crippen LogP contribution in [-0.2, 0) is 6.54 Å². The van der Waals surface area contributed by atoms with Crippen molar-refractivity contribution < 1.29 is 4.42 Å². The molecule has 0 aromatic carbocycles. The first-order valence-electron chi connectivity index (χ1n) is 3.70. The van der Waals surface area contributed by atoms with Crippen LogP contribution in [0.25, 0.3) is 10.6 Å². The van der Waals surface area contributed by atoms with Gasteiger partial charge in [-0.3, -0.25) is 0 Å². The average molecular weight is 259 g/mol. The van der Waals surface area contributed by atoms with Gasteiger partial charge in [0.2, 0.25) is 5.89 Å². The monoisotopic (exact) mass is 258 g/mol. The minimum atomic E-state index is 0.340. The van der Waals surface area contributed by atoms with E-state index in [0.717, 1.165) is 14.4 Å². The van der Waals surface area contributed by atoms with Gasteiger partial charge in [0.25, 0.3) is 0 Å². The molecule has 0 saturated carbocycles. The maximum absolute atomic E-state index is 5.39. The van der Waals surface area contributed by atoms with Crippen LogP contribution in [0.4, 0.5) is 0 Å². The molecular weight excluding hydrogens is 252 g/mol. The summed E-state index contributed by atoms with van der Waals surface area (Å²) >= 11 is 4.99. The predicted molar refractivity (Wildman–Crippen MR) is 55.4 cm³/mol. The Bertz CT molecular complexity index is 410. The molecule has 0 aliphatic rings. The number of hydrogen-bond donors (Lipinski definition) is 1. The minimum absolute atomic E-state index is 0.340. The highest BCUT2D eigenvalue weighted by atomic mass is 79.9. The van der Waals surface area contributed by atoms with Crippen molar-refractivity contribution in [2.45, 2.75) is 6.54 Å². The summed E-state index contributed by atoms with van der Waals surface area (Å²) in [5, 5.41) is 0. The van der Waals surface area contributed by atoms with Gasteiger partial charge >= 0.3 is 0 Å². The fourth-order valence-corrected chi connectivity index (χ4v) is 2.30. The van der Waals surface area contributed by atoms with Crippen molar-refractivity contribution in [1.29, 1.82) is 0 Å². The Labute approximate surface area is 87.7 Å². The number of hydrogen-bond acceptors (Lipinski definition) is 4. The van der Waals surface area contributed by atoms with E-state index in [2.05, 4.69) is 20.9 Å². The summed E-state index contributed by atoms with van der Waals surface area (Å²) < 4.78 is 6.46. The maximum atomic E-state index is 5.39. The van der Waals surface area contributed by atoms with Crippen LogP contribution in [-0.4, -0.2) is 4.98 Å². The number of nitrogens with zero attached hydrogens (tertiary/aromatic N) is 1. The van der Waals surface area contributed by atoms with Crippen molar-refractivity contribution in [3.63, 3.8) is 0 Å². The molecule has 0 fully saturated rings. The summed E-state index contributed by atoms with van der Waals surface area (Å²) in [5.74, 6) is 1.34. The summed E-state index contributed by atoms with van der Waals surface area (Å²) in [6.45, 7) is 0.340. The molecule has 0 aliphatic carbocycles. The van der Waals surface area contributed by atoms with Crippen LogP contribution in [0, 0.1) is 0 Å². The highest BCUT2D eigenvalue weighted by molar-refractivity contribution is 9.11. The third-order valence-electron chi connectivity index (χ3n) is 1.54. The normalized spacial score (nSPS) is 10.6. The maximum Gasteiger partial charge on any atom is 0.208 e. The highest BCUT2D eigenvalue weighted by Gasteiger charge is 2.06. The molecule has 2 aromatic rings. The van der Waals surface area contributed by atoms with Gasteiger partial charge in [-0.15, -0.1) is 11.3 Å². The van der Waals surface area contributed by atoms with E-state index in [0.29, 0.717) is 12.4 Å². The van der Waals surface area contributed by atoms with E-state index < -0.39 is 0 Å². The zero-order valence-corrected chi connectivity index (χ0v) is 9.06. The van der Waals surface area contributed by atoms with E-state index in [1.54, 1.807) is 17.5 Å². The molecule has 2 N–H and O–H groups in total. The fourth-order valence-electron chi connectivity index (χ4n) is 0.965. The standard InChI is InChI=1S/C8H7BrN2OS/c9-7-2-1-6(13-7)5-4-11-8(3-10)12-5/h1-2,4H,3,10H2.